The Morgan fingerprint density at radius 2 is 2.14 bits per heavy atom. The SMILES string of the molecule is C=CCOC(=O)N1C[C@@H](SC2=C(C(=O)O)N3C(=O)[C@H]([C@@H](C)O)[C@H]3[C@H]2C)C[C@H]1CCn1cc[n+](C)c1CO. The number of likely N-dealkylation sites (tertiary alicyclic amines) is 1. The van der Waals surface area contributed by atoms with E-state index in [0.29, 0.717) is 30.8 Å². The number of nitrogens with zero attached hydrogens (tertiary/aromatic N) is 4. The van der Waals surface area contributed by atoms with Gasteiger partial charge in [0.1, 0.15) is 31.3 Å². The number of rotatable bonds is 10. The van der Waals surface area contributed by atoms with Crippen LogP contribution in [0.5, 0.6) is 0 Å². The van der Waals surface area contributed by atoms with Crippen molar-refractivity contribution in [2.45, 2.75) is 63.3 Å². The number of carbonyl (C=O) groups is 3. The van der Waals surface area contributed by atoms with Gasteiger partial charge in [-0.15, -0.1) is 11.8 Å². The maximum Gasteiger partial charge on any atom is 0.410 e. The molecule has 0 spiro atoms. The third kappa shape index (κ3) is 4.89. The van der Waals surface area contributed by atoms with E-state index in [1.165, 1.54) is 22.7 Å². The quantitative estimate of drug-likeness (QED) is 0.228. The van der Waals surface area contributed by atoms with Crippen LogP contribution in [0, 0.1) is 11.8 Å². The summed E-state index contributed by atoms with van der Waals surface area (Å²) in [7, 11) is 1.86. The van der Waals surface area contributed by atoms with Gasteiger partial charge in [-0.1, -0.05) is 19.6 Å². The number of aliphatic carboxylic acids is 1. The first-order chi connectivity index (χ1) is 17.6. The summed E-state index contributed by atoms with van der Waals surface area (Å²) in [6, 6.07) is -0.526. The zero-order valence-electron chi connectivity index (χ0n) is 21.3. The van der Waals surface area contributed by atoms with Crippen molar-refractivity contribution in [2.75, 3.05) is 13.2 Å². The number of β-lactam (4-membered cyclic amide) rings is 1. The Morgan fingerprint density at radius 1 is 1.41 bits per heavy atom. The Balaban J connectivity index is 1.53. The molecule has 0 radical (unpaired) electrons. The number of carbonyl (C=O) groups excluding carboxylic acids is 2. The number of carboxylic acids is 1. The van der Waals surface area contributed by atoms with Crippen molar-refractivity contribution in [1.82, 2.24) is 14.4 Å². The second-order valence-electron chi connectivity index (χ2n) is 9.88. The first kappa shape index (κ1) is 27.2. The van der Waals surface area contributed by atoms with E-state index >= 15 is 0 Å². The van der Waals surface area contributed by atoms with Crippen LogP contribution in [-0.4, -0.2) is 84.2 Å². The van der Waals surface area contributed by atoms with Crippen molar-refractivity contribution in [3.05, 3.63) is 41.5 Å². The van der Waals surface area contributed by atoms with Crippen LogP contribution in [-0.2, 0) is 34.5 Å². The molecule has 3 N–H and O–H groups in total. The molecule has 2 saturated heterocycles. The average Bonchev–Trinajstić information content (AvgIpc) is 3.49. The van der Waals surface area contributed by atoms with Gasteiger partial charge < -0.3 is 29.9 Å². The van der Waals surface area contributed by atoms with Crippen LogP contribution in [0.1, 0.15) is 32.5 Å². The van der Waals surface area contributed by atoms with E-state index < -0.39 is 24.1 Å². The molecule has 12 heteroatoms. The van der Waals surface area contributed by atoms with Crippen LogP contribution in [0.2, 0.25) is 0 Å². The number of thioether (sulfide) groups is 1. The normalized spacial score (nSPS) is 27.8. The molecule has 0 aromatic carbocycles. The molecule has 0 saturated carbocycles. The average molecular weight is 536 g/mol. The molecule has 6 atom stereocenters. The van der Waals surface area contributed by atoms with Crippen molar-refractivity contribution in [3.8, 4) is 0 Å². The number of aromatic nitrogens is 2. The lowest BCUT2D eigenvalue weighted by Crippen LogP contribution is -2.63. The van der Waals surface area contributed by atoms with E-state index in [9.17, 15) is 29.7 Å². The molecular formula is C25H35N4O7S+. The van der Waals surface area contributed by atoms with E-state index in [2.05, 4.69) is 6.58 Å². The molecule has 3 aliphatic rings. The summed E-state index contributed by atoms with van der Waals surface area (Å²) in [4.78, 5) is 41.3. The lowest BCUT2D eigenvalue weighted by molar-refractivity contribution is -0.680. The highest BCUT2D eigenvalue weighted by molar-refractivity contribution is 8.03. The molecule has 2 amide bonds. The number of fused-ring (bicyclic) bond motifs is 1. The Kier molecular flexibility index (Phi) is 8.00. The molecule has 202 valence electrons. The van der Waals surface area contributed by atoms with Crippen molar-refractivity contribution >= 4 is 29.7 Å². The van der Waals surface area contributed by atoms with Gasteiger partial charge >= 0.3 is 12.1 Å². The number of hydrogen-bond donors (Lipinski definition) is 3. The van der Waals surface area contributed by atoms with Gasteiger partial charge in [-0.2, -0.15) is 0 Å². The summed E-state index contributed by atoms with van der Waals surface area (Å²) in [6.45, 7) is 7.99. The highest BCUT2D eigenvalue weighted by Gasteiger charge is 2.60. The lowest BCUT2D eigenvalue weighted by Gasteiger charge is -2.46. The first-order valence-corrected chi connectivity index (χ1v) is 13.3. The largest absolute Gasteiger partial charge is 0.477 e. The van der Waals surface area contributed by atoms with Crippen LogP contribution in [0.4, 0.5) is 4.79 Å². The number of aliphatic hydroxyl groups excluding tert-OH is 2. The Bertz CT molecular complexity index is 1120. The van der Waals surface area contributed by atoms with Gasteiger partial charge in [0.25, 0.3) is 5.82 Å². The minimum Gasteiger partial charge on any atom is -0.477 e. The molecule has 1 aromatic rings. The van der Waals surface area contributed by atoms with Gasteiger partial charge in [0.2, 0.25) is 5.91 Å². The fourth-order valence-corrected chi connectivity index (χ4v) is 7.34. The predicted molar refractivity (Wildman–Crippen MR) is 134 cm³/mol. The van der Waals surface area contributed by atoms with Crippen LogP contribution < -0.4 is 4.57 Å². The smallest absolute Gasteiger partial charge is 0.410 e. The molecule has 4 heterocycles. The van der Waals surface area contributed by atoms with E-state index in [1.54, 1.807) is 11.8 Å². The van der Waals surface area contributed by atoms with Crippen LogP contribution in [0.25, 0.3) is 0 Å². The molecule has 0 aliphatic carbocycles. The van der Waals surface area contributed by atoms with Gasteiger partial charge in [-0.05, 0) is 13.3 Å². The topological polar surface area (TPSA) is 136 Å². The van der Waals surface area contributed by atoms with E-state index in [1.807, 2.05) is 35.5 Å². The monoisotopic (exact) mass is 535 g/mol. The maximum absolute atomic E-state index is 12.9. The fourth-order valence-electron chi connectivity index (χ4n) is 5.78. The highest BCUT2D eigenvalue weighted by atomic mass is 32.2. The summed E-state index contributed by atoms with van der Waals surface area (Å²) in [5.41, 5.74) is -0.0129. The standard InChI is InChI=1S/C25H34N4O7S/c1-5-10-36-25(35)28-12-17(11-16(28)6-7-27-9-8-26(4)18(27)13-30)37-22-14(2)20-19(15(3)31)23(32)29(20)21(22)24(33)34/h5,8-9,14-17,19-20,30-31H,1,6-7,10-13H2,2-4H3/p+1/t14-,15-,16-,17+,19-,20-/m1/s1. The molecule has 11 nitrogen and oxygen atoms in total. The number of aryl methyl sites for hydroxylation is 2. The zero-order valence-corrected chi connectivity index (χ0v) is 22.1. The molecule has 0 bridgehead atoms. The fraction of sp³-hybridized carbons (Fsp3) is 0.600. The highest BCUT2D eigenvalue weighted by Crippen LogP contribution is 2.52. The molecular weight excluding hydrogens is 500 g/mol. The van der Waals surface area contributed by atoms with Gasteiger partial charge in [-0.25, -0.2) is 18.7 Å². The van der Waals surface area contributed by atoms with E-state index in [-0.39, 0.29) is 48.1 Å². The number of aliphatic hydroxyl groups is 2. The molecule has 3 aliphatic heterocycles. The lowest BCUT2D eigenvalue weighted by atomic mass is 9.79. The third-order valence-electron chi connectivity index (χ3n) is 7.59. The third-order valence-corrected chi connectivity index (χ3v) is 9.09. The number of amides is 2. The molecule has 4 rings (SSSR count). The zero-order chi connectivity index (χ0) is 27.0. The van der Waals surface area contributed by atoms with Crippen molar-refractivity contribution in [3.63, 3.8) is 0 Å². The minimum atomic E-state index is -1.16. The van der Waals surface area contributed by atoms with Crippen molar-refractivity contribution in [2.24, 2.45) is 18.9 Å². The van der Waals surface area contributed by atoms with Crippen LogP contribution >= 0.6 is 11.8 Å². The second-order valence-corrected chi connectivity index (χ2v) is 11.2. The summed E-state index contributed by atoms with van der Waals surface area (Å²) in [5, 5.41) is 29.6. The number of ether oxygens (including phenoxy) is 1. The number of hydrogen-bond acceptors (Lipinski definition) is 7. The Morgan fingerprint density at radius 3 is 2.76 bits per heavy atom. The van der Waals surface area contributed by atoms with Gasteiger partial charge in [0, 0.05) is 35.1 Å². The molecule has 37 heavy (non-hydrogen) atoms. The van der Waals surface area contributed by atoms with Crippen LogP contribution in [0.15, 0.2) is 35.7 Å². The van der Waals surface area contributed by atoms with E-state index in [4.69, 9.17) is 4.74 Å². The first-order valence-electron chi connectivity index (χ1n) is 12.4. The summed E-state index contributed by atoms with van der Waals surface area (Å²) >= 11 is 1.41. The summed E-state index contributed by atoms with van der Waals surface area (Å²) in [5.74, 6) is -1.63. The second kappa shape index (κ2) is 10.9. The summed E-state index contributed by atoms with van der Waals surface area (Å²) < 4.78 is 9.12. The molecule has 0 unspecified atom stereocenters. The predicted octanol–water partition coefficient (Wildman–Crippen LogP) is 0.847. The molecule has 2 fully saturated rings. The Labute approximate surface area is 220 Å². The van der Waals surface area contributed by atoms with Gasteiger partial charge in [0.15, 0.2) is 0 Å². The maximum atomic E-state index is 12.9. The summed E-state index contributed by atoms with van der Waals surface area (Å²) in [6.07, 6.45) is 5.19. The number of carboxylic acid groups (broad SMARTS) is 1. The minimum absolute atomic E-state index is 0.0129. The van der Waals surface area contributed by atoms with E-state index in [0.717, 1.165) is 5.82 Å². The van der Waals surface area contributed by atoms with Crippen molar-refractivity contribution < 1.29 is 39.0 Å². The number of imidazole rings is 1. The van der Waals surface area contributed by atoms with Gasteiger partial charge in [-0.3, -0.25) is 4.79 Å². The molecule has 1 aromatic heterocycles. The van der Waals surface area contributed by atoms with Crippen molar-refractivity contribution in [1.29, 1.82) is 0 Å². The van der Waals surface area contributed by atoms with Gasteiger partial charge in [0.05, 0.1) is 31.7 Å². The Hall–Kier alpha value is -2.83. The van der Waals surface area contributed by atoms with Crippen LogP contribution in [0.3, 0.4) is 0 Å².